The maximum Gasteiger partial charge on any atom is 0.324 e. The first-order chi connectivity index (χ1) is 20.6. The molecule has 0 bridgehead atoms. The van der Waals surface area contributed by atoms with Crippen molar-refractivity contribution in [3.05, 3.63) is 54.4 Å². The molecule has 0 aliphatic carbocycles. The molecular weight excluding hydrogens is 570 g/mol. The number of urea groups is 2. The molecule has 1 aromatic carbocycles. The summed E-state index contributed by atoms with van der Waals surface area (Å²) < 4.78 is 13.3. The Labute approximate surface area is 250 Å². The summed E-state index contributed by atoms with van der Waals surface area (Å²) >= 11 is 1.50. The fourth-order valence-corrected chi connectivity index (χ4v) is 6.37. The standard InChI is InChI=1S/C29H31N9O4S/c1-29(2,3)22-12-23(35-42-22)33-27(40)31-17-6-4-16(5-7-17)18-13-38-19-8-9-24(34-25(19)43-28(38)32-18)41-11-10-36-14-21-20(36)15-37(21)26(30)39/h4-9,12-13,20-21H,10-11,14-15H2,1-3H3,(H2,30,39)(H2,31,33,35,40)/t20?,21-/m1/s1. The smallest absolute Gasteiger partial charge is 0.324 e. The first-order valence-electron chi connectivity index (χ1n) is 14.0. The number of rotatable bonds is 7. The number of piperazine rings is 1. The zero-order chi connectivity index (χ0) is 29.9. The number of hydrogen-bond acceptors (Lipinski definition) is 9. The highest BCUT2D eigenvalue weighted by atomic mass is 32.1. The van der Waals surface area contributed by atoms with Crippen molar-refractivity contribution in [2.45, 2.75) is 38.3 Å². The van der Waals surface area contributed by atoms with Crippen molar-refractivity contribution in [2.24, 2.45) is 5.73 Å². The van der Waals surface area contributed by atoms with Crippen LogP contribution in [-0.4, -0.2) is 79.7 Å². The van der Waals surface area contributed by atoms with Gasteiger partial charge in [-0.1, -0.05) is 49.4 Å². The number of carbonyl (C=O) groups excluding carboxylic acids is 2. The van der Waals surface area contributed by atoms with Crippen molar-refractivity contribution in [1.29, 1.82) is 0 Å². The minimum absolute atomic E-state index is 0.200. The summed E-state index contributed by atoms with van der Waals surface area (Å²) in [6.45, 7) is 8.87. The van der Waals surface area contributed by atoms with E-state index in [2.05, 4.69) is 25.7 Å². The summed E-state index contributed by atoms with van der Waals surface area (Å²) in [7, 11) is 0. The highest BCUT2D eigenvalue weighted by Gasteiger charge is 2.52. The molecule has 2 saturated heterocycles. The first-order valence-corrected chi connectivity index (χ1v) is 14.8. The van der Waals surface area contributed by atoms with Crippen LogP contribution < -0.4 is 21.1 Å². The summed E-state index contributed by atoms with van der Waals surface area (Å²) in [4.78, 5) is 38.9. The van der Waals surface area contributed by atoms with Gasteiger partial charge in [0.05, 0.1) is 17.3 Å². The van der Waals surface area contributed by atoms with Gasteiger partial charge in [0.1, 0.15) is 17.2 Å². The predicted molar refractivity (Wildman–Crippen MR) is 163 cm³/mol. The van der Waals surface area contributed by atoms with Crippen LogP contribution in [0, 0.1) is 0 Å². The van der Waals surface area contributed by atoms with E-state index in [0.717, 1.165) is 39.7 Å². The minimum Gasteiger partial charge on any atom is -0.476 e. The lowest BCUT2D eigenvalue weighted by Crippen LogP contribution is -2.80. The summed E-state index contributed by atoms with van der Waals surface area (Å²) in [5.41, 5.74) is 8.51. The maximum atomic E-state index is 12.4. The Morgan fingerprint density at radius 1 is 1.09 bits per heavy atom. The van der Waals surface area contributed by atoms with Crippen LogP contribution in [-0.2, 0) is 5.41 Å². The number of anilines is 2. The molecule has 1 unspecified atom stereocenters. The van der Waals surface area contributed by atoms with Crippen LogP contribution in [0.1, 0.15) is 26.5 Å². The molecule has 13 nitrogen and oxygen atoms in total. The quantitative estimate of drug-likeness (QED) is 0.248. The van der Waals surface area contributed by atoms with Crippen LogP contribution in [0.4, 0.5) is 21.1 Å². The molecule has 2 aliphatic rings. The van der Waals surface area contributed by atoms with Crippen LogP contribution in [0.25, 0.3) is 26.6 Å². The van der Waals surface area contributed by atoms with E-state index in [1.165, 1.54) is 11.3 Å². The summed E-state index contributed by atoms with van der Waals surface area (Å²) in [5, 5.41) is 9.42. The lowest BCUT2D eigenvalue weighted by molar-refractivity contribution is -0.0993. The number of thiazole rings is 1. The van der Waals surface area contributed by atoms with Gasteiger partial charge in [-0.3, -0.25) is 14.6 Å². The first kappa shape index (κ1) is 27.2. The number of nitrogens with one attached hydrogen (secondary N) is 2. The van der Waals surface area contributed by atoms with Gasteiger partial charge in [-0.05, 0) is 18.2 Å². The number of nitrogens with zero attached hydrogens (tertiary/aromatic N) is 6. The van der Waals surface area contributed by atoms with E-state index in [4.69, 9.17) is 20.0 Å². The highest BCUT2D eigenvalue weighted by molar-refractivity contribution is 7.23. The molecule has 2 fully saturated rings. The van der Waals surface area contributed by atoms with E-state index in [-0.39, 0.29) is 17.5 Å². The van der Waals surface area contributed by atoms with Gasteiger partial charge < -0.3 is 25.2 Å². The van der Waals surface area contributed by atoms with E-state index < -0.39 is 6.03 Å². The molecular formula is C29H31N9O4S. The van der Waals surface area contributed by atoms with Crippen molar-refractivity contribution >= 4 is 50.2 Å². The van der Waals surface area contributed by atoms with Gasteiger partial charge in [-0.2, -0.15) is 0 Å². The third-order valence-corrected chi connectivity index (χ3v) is 8.86. The molecule has 0 saturated carbocycles. The third kappa shape index (κ3) is 5.12. The van der Waals surface area contributed by atoms with E-state index in [0.29, 0.717) is 42.3 Å². The van der Waals surface area contributed by atoms with Gasteiger partial charge in [0, 0.05) is 60.7 Å². The monoisotopic (exact) mass is 601 g/mol. The predicted octanol–water partition coefficient (Wildman–Crippen LogP) is 4.37. The number of primary amides is 1. The second-order valence-corrected chi connectivity index (χ2v) is 12.8. The summed E-state index contributed by atoms with van der Waals surface area (Å²) in [6.07, 6.45) is 1.98. The molecule has 4 aromatic heterocycles. The SMILES string of the molecule is CC(C)(C)c1cc(NC(=O)Nc2ccc(-c3cn4c(n3)sc3nc(OCCN5C[C@@H]6C5CN6C(N)=O)ccc34)cc2)no1. The van der Waals surface area contributed by atoms with Crippen molar-refractivity contribution in [3.8, 4) is 17.1 Å². The minimum atomic E-state index is -0.407. The zero-order valence-corrected chi connectivity index (χ0v) is 24.7. The fraction of sp³-hybridized carbons (Fsp3) is 0.345. The average molecular weight is 602 g/mol. The molecule has 0 spiro atoms. The lowest BCUT2D eigenvalue weighted by Gasteiger charge is -2.61. The van der Waals surface area contributed by atoms with Crippen LogP contribution in [0.5, 0.6) is 5.88 Å². The van der Waals surface area contributed by atoms with Crippen LogP contribution >= 0.6 is 11.3 Å². The summed E-state index contributed by atoms with van der Waals surface area (Å²) in [6, 6.07) is 13.0. The number of benzene rings is 1. The Hall–Kier alpha value is -4.69. The number of ether oxygens (including phenoxy) is 1. The lowest BCUT2D eigenvalue weighted by atomic mass is 9.86. The van der Waals surface area contributed by atoms with Gasteiger partial charge in [0.15, 0.2) is 10.8 Å². The number of carbonyl (C=O) groups is 2. The largest absolute Gasteiger partial charge is 0.476 e. The number of aromatic nitrogens is 4. The molecule has 2 aliphatic heterocycles. The highest BCUT2D eigenvalue weighted by Crippen LogP contribution is 2.33. The number of amides is 4. The molecule has 5 aromatic rings. The molecule has 6 heterocycles. The number of fused-ring (bicyclic) bond motifs is 4. The molecule has 4 N–H and O–H groups in total. The second-order valence-electron chi connectivity index (χ2n) is 11.8. The van der Waals surface area contributed by atoms with Gasteiger partial charge >= 0.3 is 12.1 Å². The average Bonchev–Trinajstić information content (AvgIpc) is 3.66. The molecule has 2 atom stereocenters. The zero-order valence-electron chi connectivity index (χ0n) is 23.9. The van der Waals surface area contributed by atoms with Gasteiger partial charge in [-0.15, -0.1) is 0 Å². The molecule has 7 rings (SSSR count). The molecule has 43 heavy (non-hydrogen) atoms. The van der Waals surface area contributed by atoms with E-state index in [9.17, 15) is 9.59 Å². The van der Waals surface area contributed by atoms with Crippen molar-refractivity contribution in [2.75, 3.05) is 36.9 Å². The Kier molecular flexibility index (Phi) is 6.47. The van der Waals surface area contributed by atoms with Crippen LogP contribution in [0.2, 0.25) is 0 Å². The Balaban J connectivity index is 0.950. The number of nitrogens with two attached hydrogens (primary N) is 1. The van der Waals surface area contributed by atoms with Gasteiger partial charge in [-0.25, -0.2) is 19.6 Å². The Bertz CT molecular complexity index is 1840. The van der Waals surface area contributed by atoms with E-state index in [1.807, 2.05) is 67.8 Å². The molecule has 0 radical (unpaired) electrons. The number of hydrogen-bond donors (Lipinski definition) is 3. The van der Waals surface area contributed by atoms with Gasteiger partial charge in [0.2, 0.25) is 5.88 Å². The Morgan fingerprint density at radius 3 is 2.60 bits per heavy atom. The number of pyridine rings is 1. The fourth-order valence-electron chi connectivity index (χ4n) is 5.40. The topological polar surface area (TPSA) is 156 Å². The van der Waals surface area contributed by atoms with Crippen LogP contribution in [0.15, 0.2) is 53.2 Å². The number of imidazole rings is 1. The molecule has 222 valence electrons. The van der Waals surface area contributed by atoms with Crippen LogP contribution in [0.3, 0.4) is 0 Å². The number of likely N-dealkylation sites (tertiary alicyclic amines) is 2. The van der Waals surface area contributed by atoms with Crippen molar-refractivity contribution in [1.82, 2.24) is 29.3 Å². The summed E-state index contributed by atoms with van der Waals surface area (Å²) in [5.74, 6) is 1.62. The van der Waals surface area contributed by atoms with E-state index in [1.54, 1.807) is 11.0 Å². The maximum absolute atomic E-state index is 12.4. The van der Waals surface area contributed by atoms with E-state index >= 15 is 0 Å². The van der Waals surface area contributed by atoms with Crippen molar-refractivity contribution < 1.29 is 18.8 Å². The Morgan fingerprint density at radius 2 is 1.91 bits per heavy atom. The normalized spacial score (nSPS) is 18.3. The second kappa shape index (κ2) is 10.2. The van der Waals surface area contributed by atoms with Crippen molar-refractivity contribution in [3.63, 3.8) is 0 Å². The molecule has 14 heteroatoms. The van der Waals surface area contributed by atoms with Gasteiger partial charge in [0.25, 0.3) is 0 Å². The third-order valence-electron chi connectivity index (χ3n) is 7.90. The molecule has 4 amide bonds.